The minimum absolute atomic E-state index is 0.122. The van der Waals surface area contributed by atoms with Gasteiger partial charge in [0.05, 0.1) is 11.6 Å². The molecule has 1 unspecified atom stereocenters. The first-order chi connectivity index (χ1) is 9.25. The molecule has 0 radical (unpaired) electrons. The molecule has 0 saturated carbocycles. The number of hydrogen-bond donors (Lipinski definition) is 0. The van der Waals surface area contributed by atoms with E-state index in [1.54, 1.807) is 18.3 Å². The minimum Gasteiger partial charge on any atom is -0.293 e. The average Bonchev–Trinajstić information content (AvgIpc) is 2.46. The first-order valence-electron chi connectivity index (χ1n) is 6.49. The summed E-state index contributed by atoms with van der Waals surface area (Å²) in [6.45, 7) is 0. The molecule has 0 fully saturated rings. The lowest BCUT2D eigenvalue weighted by Gasteiger charge is -2.23. The van der Waals surface area contributed by atoms with Gasteiger partial charge in [-0.2, -0.15) is 0 Å². The quantitative estimate of drug-likeness (QED) is 0.772. The molecule has 1 aromatic heterocycles. The van der Waals surface area contributed by atoms with Crippen molar-refractivity contribution in [3.8, 4) is 0 Å². The van der Waals surface area contributed by atoms with Crippen molar-refractivity contribution >= 4 is 17.4 Å². The zero-order valence-electron chi connectivity index (χ0n) is 10.5. The summed E-state index contributed by atoms with van der Waals surface area (Å²) >= 11 is 5.96. The molecule has 3 heteroatoms. The smallest absolute Gasteiger partial charge is 0.171 e. The predicted octanol–water partition coefficient (Wildman–Crippen LogP) is 4.04. The van der Waals surface area contributed by atoms with E-state index in [1.807, 2.05) is 18.2 Å². The van der Waals surface area contributed by atoms with Gasteiger partial charge in [-0.3, -0.25) is 9.78 Å². The van der Waals surface area contributed by atoms with Gasteiger partial charge in [0, 0.05) is 16.8 Å². The molecule has 0 spiro atoms. The van der Waals surface area contributed by atoms with Crippen LogP contribution in [-0.4, -0.2) is 10.8 Å². The lowest BCUT2D eigenvalue weighted by atomic mass is 9.82. The second-order valence-corrected chi connectivity index (χ2v) is 5.30. The molecular weight excluding hydrogens is 258 g/mol. The highest BCUT2D eigenvalue weighted by Crippen LogP contribution is 2.32. The summed E-state index contributed by atoms with van der Waals surface area (Å²) in [4.78, 5) is 17.0. The van der Waals surface area contributed by atoms with Crippen molar-refractivity contribution in [1.82, 2.24) is 4.98 Å². The lowest BCUT2D eigenvalue weighted by Crippen LogP contribution is -2.20. The third-order valence-electron chi connectivity index (χ3n) is 3.62. The van der Waals surface area contributed by atoms with Crippen molar-refractivity contribution in [2.45, 2.75) is 25.2 Å². The van der Waals surface area contributed by atoms with Crippen LogP contribution in [0.15, 0.2) is 42.6 Å². The number of aryl methyl sites for hydroxylation is 1. The van der Waals surface area contributed by atoms with Crippen LogP contribution in [0.1, 0.15) is 40.4 Å². The van der Waals surface area contributed by atoms with Gasteiger partial charge in [-0.05, 0) is 43.0 Å². The van der Waals surface area contributed by atoms with Gasteiger partial charge < -0.3 is 0 Å². The highest BCUT2D eigenvalue weighted by molar-refractivity contribution is 6.31. The van der Waals surface area contributed by atoms with Crippen LogP contribution in [-0.2, 0) is 6.42 Å². The second-order valence-electron chi connectivity index (χ2n) is 4.87. The van der Waals surface area contributed by atoms with Gasteiger partial charge in [0.15, 0.2) is 5.78 Å². The molecule has 0 aliphatic heterocycles. The molecule has 0 N–H and O–H groups in total. The Kier molecular flexibility index (Phi) is 3.34. The topological polar surface area (TPSA) is 30.0 Å². The molecule has 3 rings (SSSR count). The van der Waals surface area contributed by atoms with E-state index in [4.69, 9.17) is 11.6 Å². The van der Waals surface area contributed by atoms with E-state index in [0.717, 1.165) is 25.0 Å². The Morgan fingerprint density at radius 3 is 3.00 bits per heavy atom. The molecular formula is C16H14ClNO. The summed E-state index contributed by atoms with van der Waals surface area (Å²) in [6, 6.07) is 11.2. The highest BCUT2D eigenvalue weighted by atomic mass is 35.5. The summed E-state index contributed by atoms with van der Waals surface area (Å²) < 4.78 is 0. The monoisotopic (exact) mass is 271 g/mol. The third kappa shape index (κ3) is 2.41. The van der Waals surface area contributed by atoms with Crippen molar-refractivity contribution in [3.63, 3.8) is 0 Å². The molecule has 1 heterocycles. The van der Waals surface area contributed by atoms with Crippen LogP contribution >= 0.6 is 11.6 Å². The maximum Gasteiger partial charge on any atom is 0.171 e. The normalized spacial score (nSPS) is 17.8. The number of pyridine rings is 1. The molecule has 96 valence electrons. The molecule has 1 aliphatic rings. The molecule has 19 heavy (non-hydrogen) atoms. The van der Waals surface area contributed by atoms with Gasteiger partial charge in [0.25, 0.3) is 0 Å². The number of halogens is 1. The number of aromatic nitrogens is 1. The average molecular weight is 272 g/mol. The predicted molar refractivity (Wildman–Crippen MR) is 75.7 cm³/mol. The van der Waals surface area contributed by atoms with Gasteiger partial charge in [-0.25, -0.2) is 0 Å². The standard InChI is InChI=1S/C16H14ClNO/c17-13-7-1-5-12(10-13)16(19)14-8-2-4-11-6-3-9-18-15(11)14/h1,3,5-7,9-10,14H,2,4,8H2. The fourth-order valence-electron chi connectivity index (χ4n) is 2.71. The van der Waals surface area contributed by atoms with Crippen molar-refractivity contribution in [3.05, 3.63) is 64.4 Å². The Bertz CT molecular complexity index is 624. The van der Waals surface area contributed by atoms with Crippen LogP contribution in [0, 0.1) is 0 Å². The minimum atomic E-state index is -0.122. The van der Waals surface area contributed by atoms with E-state index < -0.39 is 0 Å². The van der Waals surface area contributed by atoms with E-state index >= 15 is 0 Å². The number of benzene rings is 1. The number of nitrogens with zero attached hydrogens (tertiary/aromatic N) is 1. The molecule has 1 atom stereocenters. The van der Waals surface area contributed by atoms with E-state index in [-0.39, 0.29) is 11.7 Å². The van der Waals surface area contributed by atoms with Crippen molar-refractivity contribution in [2.24, 2.45) is 0 Å². The largest absolute Gasteiger partial charge is 0.293 e. The molecule has 1 aliphatic carbocycles. The van der Waals surface area contributed by atoms with Gasteiger partial charge in [-0.1, -0.05) is 29.8 Å². The molecule has 1 aromatic carbocycles. The van der Waals surface area contributed by atoms with Crippen LogP contribution in [0.2, 0.25) is 5.02 Å². The van der Waals surface area contributed by atoms with Crippen LogP contribution in [0.3, 0.4) is 0 Å². The Labute approximate surface area is 117 Å². The van der Waals surface area contributed by atoms with Gasteiger partial charge in [0.2, 0.25) is 0 Å². The van der Waals surface area contributed by atoms with Crippen molar-refractivity contribution < 1.29 is 4.79 Å². The maximum atomic E-state index is 12.6. The first-order valence-corrected chi connectivity index (χ1v) is 6.87. The first kappa shape index (κ1) is 12.4. The van der Waals surface area contributed by atoms with Crippen molar-refractivity contribution in [2.75, 3.05) is 0 Å². The number of fused-ring (bicyclic) bond motifs is 1. The van der Waals surface area contributed by atoms with Crippen LogP contribution in [0.5, 0.6) is 0 Å². The van der Waals surface area contributed by atoms with E-state index in [1.165, 1.54) is 5.56 Å². The molecule has 2 aromatic rings. The number of hydrogen-bond acceptors (Lipinski definition) is 2. The van der Waals surface area contributed by atoms with Crippen molar-refractivity contribution in [1.29, 1.82) is 0 Å². The summed E-state index contributed by atoms with van der Waals surface area (Å²) in [6.07, 6.45) is 4.69. The zero-order chi connectivity index (χ0) is 13.2. The lowest BCUT2D eigenvalue weighted by molar-refractivity contribution is 0.0949. The number of carbonyl (C=O) groups is 1. The third-order valence-corrected chi connectivity index (χ3v) is 3.86. The number of rotatable bonds is 2. The molecule has 0 bridgehead atoms. The van der Waals surface area contributed by atoms with E-state index in [2.05, 4.69) is 11.1 Å². The van der Waals surface area contributed by atoms with E-state index in [9.17, 15) is 4.79 Å². The van der Waals surface area contributed by atoms with Gasteiger partial charge in [-0.15, -0.1) is 0 Å². The fraction of sp³-hybridized carbons (Fsp3) is 0.250. The molecule has 2 nitrogen and oxygen atoms in total. The Morgan fingerprint density at radius 1 is 1.26 bits per heavy atom. The van der Waals surface area contributed by atoms with Crippen LogP contribution in [0.4, 0.5) is 0 Å². The summed E-state index contributed by atoms with van der Waals surface area (Å²) in [5, 5.41) is 0.600. The second kappa shape index (κ2) is 5.14. The van der Waals surface area contributed by atoms with Crippen LogP contribution in [0.25, 0.3) is 0 Å². The van der Waals surface area contributed by atoms with Gasteiger partial charge in [0.1, 0.15) is 0 Å². The maximum absolute atomic E-state index is 12.6. The highest BCUT2D eigenvalue weighted by Gasteiger charge is 2.28. The molecule has 0 amide bonds. The van der Waals surface area contributed by atoms with Crippen LogP contribution < -0.4 is 0 Å². The van der Waals surface area contributed by atoms with E-state index in [0.29, 0.717) is 10.6 Å². The summed E-state index contributed by atoms with van der Waals surface area (Å²) in [7, 11) is 0. The summed E-state index contributed by atoms with van der Waals surface area (Å²) in [5.74, 6) is 0.00515. The zero-order valence-corrected chi connectivity index (χ0v) is 11.2. The van der Waals surface area contributed by atoms with Gasteiger partial charge >= 0.3 is 0 Å². The number of ketones is 1. The summed E-state index contributed by atoms with van der Waals surface area (Å²) in [5.41, 5.74) is 2.82. The molecule has 0 saturated heterocycles. The Hall–Kier alpha value is -1.67. The SMILES string of the molecule is O=C(c1cccc(Cl)c1)C1CCCc2cccnc21. The Balaban J connectivity index is 1.98. The Morgan fingerprint density at radius 2 is 2.16 bits per heavy atom. The number of carbonyl (C=O) groups excluding carboxylic acids is 1. The number of Topliss-reactive ketones (excluding diaryl/α,β-unsaturated/α-hetero) is 1. The fourth-order valence-corrected chi connectivity index (χ4v) is 2.90.